The highest BCUT2D eigenvalue weighted by atomic mass is 127. The van der Waals surface area contributed by atoms with Crippen molar-refractivity contribution in [1.29, 1.82) is 0 Å². The number of amides is 1. The summed E-state index contributed by atoms with van der Waals surface area (Å²) in [4.78, 5) is 20.7. The summed E-state index contributed by atoms with van der Waals surface area (Å²) in [6.45, 7) is 13.7. The van der Waals surface area contributed by atoms with Gasteiger partial charge in [-0.25, -0.2) is 4.99 Å². The van der Waals surface area contributed by atoms with Gasteiger partial charge >= 0.3 is 0 Å². The van der Waals surface area contributed by atoms with E-state index in [1.165, 1.54) is 0 Å². The van der Waals surface area contributed by atoms with Crippen LogP contribution in [0.2, 0.25) is 0 Å². The number of carbonyl (C=O) groups is 1. The first-order valence-corrected chi connectivity index (χ1v) is 8.96. The summed E-state index contributed by atoms with van der Waals surface area (Å²) in [6, 6.07) is 7.71. The second-order valence-corrected chi connectivity index (χ2v) is 8.10. The highest BCUT2D eigenvalue weighted by Gasteiger charge is 2.53. The fourth-order valence-corrected chi connectivity index (χ4v) is 2.97. The number of nitrogens with zero attached hydrogens (tertiary/aromatic N) is 3. The molecule has 0 atom stereocenters. The summed E-state index contributed by atoms with van der Waals surface area (Å²) in [5.74, 6) is 0.980. The van der Waals surface area contributed by atoms with Gasteiger partial charge in [0, 0.05) is 43.7 Å². The zero-order valence-corrected chi connectivity index (χ0v) is 19.4. The van der Waals surface area contributed by atoms with Crippen molar-refractivity contribution < 1.29 is 4.79 Å². The van der Waals surface area contributed by atoms with Gasteiger partial charge in [0.25, 0.3) is 5.91 Å². The second kappa shape index (κ2) is 8.59. The Balaban J connectivity index is 0.00000338. The third-order valence-electron chi connectivity index (χ3n) is 5.49. The minimum absolute atomic E-state index is 0. The number of likely N-dealkylation sites (tertiary alicyclic amines) is 1. The molecule has 0 aromatic heterocycles. The number of hydrogen-bond acceptors (Lipinski definition) is 2. The SMILES string of the molecule is CCNC(=NCc1ccc(C(=O)N(C)C)cc1)N1CC(C)(C)C1(C)C.I. The van der Waals surface area contributed by atoms with Crippen molar-refractivity contribution in [1.82, 2.24) is 15.1 Å². The predicted octanol–water partition coefficient (Wildman–Crippen LogP) is 3.59. The lowest BCUT2D eigenvalue weighted by atomic mass is 9.65. The van der Waals surface area contributed by atoms with Gasteiger partial charge in [-0.3, -0.25) is 4.79 Å². The number of carbonyl (C=O) groups excluding carboxylic acids is 1. The average molecular weight is 472 g/mol. The summed E-state index contributed by atoms with van der Waals surface area (Å²) in [7, 11) is 3.53. The lowest BCUT2D eigenvalue weighted by molar-refractivity contribution is -0.0667. The smallest absolute Gasteiger partial charge is 0.253 e. The first kappa shape index (κ1) is 22.7. The number of rotatable bonds is 4. The normalized spacial score (nSPS) is 17.8. The Morgan fingerprint density at radius 3 is 2.19 bits per heavy atom. The van der Waals surface area contributed by atoms with E-state index >= 15 is 0 Å². The highest BCUT2D eigenvalue weighted by Crippen LogP contribution is 2.46. The van der Waals surface area contributed by atoms with Crippen LogP contribution in [0.3, 0.4) is 0 Å². The fraction of sp³-hybridized carbons (Fsp3) is 0.600. The van der Waals surface area contributed by atoms with Crippen LogP contribution in [0.1, 0.15) is 50.5 Å². The van der Waals surface area contributed by atoms with Crippen molar-refractivity contribution in [3.8, 4) is 0 Å². The number of nitrogens with one attached hydrogen (secondary N) is 1. The molecule has 1 amide bonds. The molecule has 1 saturated heterocycles. The van der Waals surface area contributed by atoms with Crippen LogP contribution in [-0.2, 0) is 6.54 Å². The van der Waals surface area contributed by atoms with Crippen LogP contribution < -0.4 is 5.32 Å². The molecule has 1 N–H and O–H groups in total. The molecule has 0 unspecified atom stereocenters. The van der Waals surface area contributed by atoms with E-state index in [1.54, 1.807) is 19.0 Å². The molecule has 0 bridgehead atoms. The van der Waals surface area contributed by atoms with Crippen molar-refractivity contribution in [3.63, 3.8) is 0 Å². The van der Waals surface area contributed by atoms with Crippen LogP contribution in [-0.4, -0.2) is 54.4 Å². The van der Waals surface area contributed by atoms with Gasteiger partial charge < -0.3 is 15.1 Å². The molecule has 1 aromatic carbocycles. The van der Waals surface area contributed by atoms with Gasteiger partial charge in [-0.05, 0) is 38.5 Å². The molecular weight excluding hydrogens is 439 g/mol. The van der Waals surface area contributed by atoms with E-state index in [1.807, 2.05) is 24.3 Å². The molecule has 1 aliphatic rings. The van der Waals surface area contributed by atoms with Gasteiger partial charge in [0.15, 0.2) is 5.96 Å². The second-order valence-electron chi connectivity index (χ2n) is 8.10. The third-order valence-corrected chi connectivity index (χ3v) is 5.49. The molecule has 1 heterocycles. The lowest BCUT2D eigenvalue weighted by Gasteiger charge is -2.62. The van der Waals surface area contributed by atoms with Crippen molar-refractivity contribution in [2.24, 2.45) is 10.4 Å². The lowest BCUT2D eigenvalue weighted by Crippen LogP contribution is -2.72. The van der Waals surface area contributed by atoms with E-state index in [0.29, 0.717) is 12.1 Å². The number of hydrogen-bond donors (Lipinski definition) is 1. The van der Waals surface area contributed by atoms with Gasteiger partial charge in [-0.15, -0.1) is 24.0 Å². The summed E-state index contributed by atoms with van der Waals surface area (Å²) in [6.07, 6.45) is 0. The molecule has 1 aliphatic heterocycles. The summed E-state index contributed by atoms with van der Waals surface area (Å²) in [5, 5.41) is 3.41. The van der Waals surface area contributed by atoms with Crippen molar-refractivity contribution in [2.45, 2.75) is 46.7 Å². The molecule has 0 aliphatic carbocycles. The molecule has 1 aromatic rings. The van der Waals surface area contributed by atoms with Gasteiger partial charge in [0.05, 0.1) is 6.54 Å². The monoisotopic (exact) mass is 472 g/mol. The van der Waals surface area contributed by atoms with E-state index in [2.05, 4.69) is 44.8 Å². The Labute approximate surface area is 175 Å². The molecule has 6 heteroatoms. The Morgan fingerprint density at radius 1 is 1.19 bits per heavy atom. The van der Waals surface area contributed by atoms with Crippen molar-refractivity contribution in [2.75, 3.05) is 27.2 Å². The molecular formula is C20H33IN4O. The standard InChI is InChI=1S/C20H32N4O.HI/c1-8-21-18(24-14-19(2,3)20(24,4)5)22-13-15-9-11-16(12-10-15)17(25)23(6)7;/h9-12H,8,13-14H2,1-7H3,(H,21,22);1H. The fourth-order valence-electron chi connectivity index (χ4n) is 2.97. The van der Waals surface area contributed by atoms with E-state index in [-0.39, 0.29) is 40.8 Å². The number of benzene rings is 1. The van der Waals surface area contributed by atoms with Crippen molar-refractivity contribution >= 4 is 35.8 Å². The summed E-state index contributed by atoms with van der Waals surface area (Å²) >= 11 is 0. The van der Waals surface area contributed by atoms with Crippen LogP contribution in [0, 0.1) is 5.41 Å². The Kier molecular flexibility index (Phi) is 7.51. The summed E-state index contributed by atoms with van der Waals surface area (Å²) in [5.41, 5.74) is 2.16. The molecule has 26 heavy (non-hydrogen) atoms. The van der Waals surface area contributed by atoms with E-state index < -0.39 is 0 Å². The third kappa shape index (κ3) is 4.50. The van der Waals surface area contributed by atoms with Crippen LogP contribution in [0.15, 0.2) is 29.3 Å². The topological polar surface area (TPSA) is 47.9 Å². The molecule has 2 rings (SSSR count). The predicted molar refractivity (Wildman–Crippen MR) is 119 cm³/mol. The van der Waals surface area contributed by atoms with Gasteiger partial charge in [0.1, 0.15) is 0 Å². The van der Waals surface area contributed by atoms with E-state index in [0.717, 1.165) is 24.6 Å². The molecule has 0 spiro atoms. The van der Waals surface area contributed by atoms with Gasteiger partial charge in [-0.1, -0.05) is 26.0 Å². The van der Waals surface area contributed by atoms with Crippen LogP contribution in [0.5, 0.6) is 0 Å². The number of halogens is 1. The first-order chi connectivity index (χ1) is 11.6. The number of guanidine groups is 1. The maximum atomic E-state index is 12.0. The van der Waals surface area contributed by atoms with Gasteiger partial charge in [0.2, 0.25) is 0 Å². The van der Waals surface area contributed by atoms with Gasteiger partial charge in [-0.2, -0.15) is 0 Å². The highest BCUT2D eigenvalue weighted by molar-refractivity contribution is 14.0. The van der Waals surface area contributed by atoms with E-state index in [9.17, 15) is 4.79 Å². The van der Waals surface area contributed by atoms with Crippen LogP contribution in [0.4, 0.5) is 0 Å². The first-order valence-electron chi connectivity index (χ1n) is 8.96. The largest absolute Gasteiger partial charge is 0.356 e. The quantitative estimate of drug-likeness (QED) is 0.414. The summed E-state index contributed by atoms with van der Waals surface area (Å²) < 4.78 is 0. The van der Waals surface area contributed by atoms with Crippen molar-refractivity contribution in [3.05, 3.63) is 35.4 Å². The Bertz CT molecular complexity index is 650. The Hall–Kier alpha value is -1.31. The molecule has 0 radical (unpaired) electrons. The van der Waals surface area contributed by atoms with Crippen LogP contribution in [0.25, 0.3) is 0 Å². The average Bonchev–Trinajstić information content (AvgIpc) is 2.56. The number of aliphatic imine (C=N–C) groups is 1. The minimum Gasteiger partial charge on any atom is -0.356 e. The molecule has 0 saturated carbocycles. The maximum Gasteiger partial charge on any atom is 0.253 e. The molecule has 146 valence electrons. The molecule has 5 nitrogen and oxygen atoms in total. The Morgan fingerprint density at radius 2 is 1.77 bits per heavy atom. The molecule has 1 fully saturated rings. The van der Waals surface area contributed by atoms with E-state index in [4.69, 9.17) is 4.99 Å². The zero-order chi connectivity index (χ0) is 18.8. The van der Waals surface area contributed by atoms with Crippen LogP contribution >= 0.6 is 24.0 Å². The minimum atomic E-state index is 0. The maximum absolute atomic E-state index is 12.0. The zero-order valence-electron chi connectivity index (χ0n) is 17.1.